The van der Waals surface area contributed by atoms with Gasteiger partial charge in [0.2, 0.25) is 0 Å². The topological polar surface area (TPSA) is 87.5 Å². The lowest BCUT2D eigenvalue weighted by molar-refractivity contribution is 0.0686. The molecule has 2 rings (SSSR count). The number of carboxylic acid groups (broad SMARTS) is 2. The van der Waals surface area contributed by atoms with Crippen LogP contribution in [0.5, 0.6) is 0 Å². The first-order valence-corrected chi connectivity index (χ1v) is 5.10. The number of carboxylic acids is 2. The summed E-state index contributed by atoms with van der Waals surface area (Å²) in [5, 5.41) is 17.8. The molecule has 0 radical (unpaired) electrons. The van der Waals surface area contributed by atoms with E-state index in [9.17, 15) is 9.59 Å². The van der Waals surface area contributed by atoms with Gasteiger partial charge in [0.05, 0.1) is 11.1 Å². The molecule has 0 spiro atoms. The van der Waals surface area contributed by atoms with Crippen molar-refractivity contribution in [2.45, 2.75) is 0 Å². The summed E-state index contributed by atoms with van der Waals surface area (Å²) in [6.07, 6.45) is 2.85. The van der Waals surface area contributed by atoms with Gasteiger partial charge in [-0.2, -0.15) is 0 Å². The minimum Gasteiger partial charge on any atom is -0.478 e. The first kappa shape index (κ1) is 11.8. The van der Waals surface area contributed by atoms with Gasteiger partial charge < -0.3 is 10.2 Å². The first-order chi connectivity index (χ1) is 8.59. The minimum atomic E-state index is -1.05. The molecule has 0 unspecified atom stereocenters. The highest BCUT2D eigenvalue weighted by Crippen LogP contribution is 2.23. The van der Waals surface area contributed by atoms with Gasteiger partial charge in [-0.3, -0.25) is 4.98 Å². The van der Waals surface area contributed by atoms with Gasteiger partial charge in [-0.05, 0) is 23.8 Å². The summed E-state index contributed by atoms with van der Waals surface area (Å²) >= 11 is 0. The van der Waals surface area contributed by atoms with E-state index in [1.165, 1.54) is 30.6 Å². The summed E-state index contributed by atoms with van der Waals surface area (Å²) in [6.45, 7) is 0. The third-order valence-corrected chi connectivity index (χ3v) is 2.49. The molecule has 0 saturated carbocycles. The van der Waals surface area contributed by atoms with E-state index in [4.69, 9.17) is 10.2 Å². The fourth-order valence-corrected chi connectivity index (χ4v) is 1.60. The molecule has 0 bridgehead atoms. The Hall–Kier alpha value is -2.69. The maximum absolute atomic E-state index is 11.0. The number of nitrogens with zero attached hydrogens (tertiary/aromatic N) is 1. The molecule has 5 nitrogen and oxygen atoms in total. The van der Waals surface area contributed by atoms with Gasteiger partial charge in [0.15, 0.2) is 0 Å². The van der Waals surface area contributed by atoms with E-state index in [-0.39, 0.29) is 11.1 Å². The maximum atomic E-state index is 11.0. The second-order valence-electron chi connectivity index (χ2n) is 3.61. The van der Waals surface area contributed by atoms with E-state index < -0.39 is 11.9 Å². The Morgan fingerprint density at radius 2 is 1.61 bits per heavy atom. The summed E-state index contributed by atoms with van der Waals surface area (Å²) in [6, 6.07) is 7.38. The highest BCUT2D eigenvalue weighted by atomic mass is 16.4. The Balaban J connectivity index is 2.49. The molecule has 18 heavy (non-hydrogen) atoms. The van der Waals surface area contributed by atoms with Crippen LogP contribution in [0.2, 0.25) is 0 Å². The number of benzene rings is 1. The molecule has 0 amide bonds. The van der Waals surface area contributed by atoms with Crippen molar-refractivity contribution in [2.24, 2.45) is 0 Å². The van der Waals surface area contributed by atoms with Crippen molar-refractivity contribution in [3.8, 4) is 11.1 Å². The maximum Gasteiger partial charge on any atom is 0.336 e. The lowest BCUT2D eigenvalue weighted by atomic mass is 10.0. The monoisotopic (exact) mass is 243 g/mol. The molecule has 90 valence electrons. The molecule has 2 N–H and O–H groups in total. The standard InChI is InChI=1S/C13H9NO4/c15-12(16)9-3-1-8(2-4-9)11-7-14-6-5-10(11)13(17)18/h1-7H,(H,15,16)(H,17,18). The number of hydrogen-bond donors (Lipinski definition) is 2. The van der Waals surface area contributed by atoms with Crippen LogP contribution in [0, 0.1) is 0 Å². The van der Waals surface area contributed by atoms with E-state index in [0.717, 1.165) is 0 Å². The molecule has 2 aromatic rings. The van der Waals surface area contributed by atoms with Crippen molar-refractivity contribution in [3.05, 3.63) is 53.9 Å². The normalized spacial score (nSPS) is 10.0. The summed E-state index contributed by atoms with van der Waals surface area (Å²) in [5.74, 6) is -2.07. The van der Waals surface area contributed by atoms with E-state index in [0.29, 0.717) is 11.1 Å². The Bertz CT molecular complexity index is 605. The van der Waals surface area contributed by atoms with Crippen LogP contribution in [0.15, 0.2) is 42.7 Å². The molecule has 0 saturated heterocycles. The van der Waals surface area contributed by atoms with E-state index in [1.54, 1.807) is 12.1 Å². The molecule has 0 aliphatic heterocycles. The van der Waals surface area contributed by atoms with Crippen molar-refractivity contribution in [2.75, 3.05) is 0 Å². The third-order valence-electron chi connectivity index (χ3n) is 2.49. The number of aromatic carboxylic acids is 2. The van der Waals surface area contributed by atoms with Crippen LogP contribution in [-0.2, 0) is 0 Å². The summed E-state index contributed by atoms with van der Waals surface area (Å²) < 4.78 is 0. The predicted octanol–water partition coefficient (Wildman–Crippen LogP) is 2.15. The van der Waals surface area contributed by atoms with E-state index in [2.05, 4.69) is 4.98 Å². The molecule has 0 aliphatic rings. The van der Waals surface area contributed by atoms with Gasteiger partial charge >= 0.3 is 11.9 Å². The predicted molar refractivity (Wildman–Crippen MR) is 63.6 cm³/mol. The average Bonchev–Trinajstić information content (AvgIpc) is 2.39. The van der Waals surface area contributed by atoms with Crippen molar-refractivity contribution in [1.82, 2.24) is 4.98 Å². The molecule has 0 aliphatic carbocycles. The fraction of sp³-hybridized carbons (Fsp3) is 0. The lowest BCUT2D eigenvalue weighted by Crippen LogP contribution is -2.00. The fourth-order valence-electron chi connectivity index (χ4n) is 1.60. The third kappa shape index (κ3) is 2.20. The van der Waals surface area contributed by atoms with Crippen LogP contribution in [0.1, 0.15) is 20.7 Å². The van der Waals surface area contributed by atoms with Crippen LogP contribution in [0.3, 0.4) is 0 Å². The number of pyridine rings is 1. The second kappa shape index (κ2) is 4.67. The summed E-state index contributed by atoms with van der Waals surface area (Å²) in [4.78, 5) is 25.6. The van der Waals surface area contributed by atoms with E-state index in [1.807, 2.05) is 0 Å². The molecule has 0 fully saturated rings. The molecule has 5 heteroatoms. The first-order valence-electron chi connectivity index (χ1n) is 5.10. The second-order valence-corrected chi connectivity index (χ2v) is 3.61. The number of aromatic nitrogens is 1. The minimum absolute atomic E-state index is 0.132. The van der Waals surface area contributed by atoms with Crippen LogP contribution in [-0.4, -0.2) is 27.1 Å². The number of carbonyl (C=O) groups is 2. The molecule has 1 heterocycles. The molecule has 0 atom stereocenters. The van der Waals surface area contributed by atoms with Crippen LogP contribution in [0.4, 0.5) is 0 Å². The molecule has 1 aromatic heterocycles. The average molecular weight is 243 g/mol. The van der Waals surface area contributed by atoms with Gasteiger partial charge in [0.25, 0.3) is 0 Å². The summed E-state index contributed by atoms with van der Waals surface area (Å²) in [5.41, 5.74) is 1.36. The zero-order valence-electron chi connectivity index (χ0n) is 9.20. The Morgan fingerprint density at radius 1 is 0.944 bits per heavy atom. The highest BCUT2D eigenvalue weighted by Gasteiger charge is 2.11. The lowest BCUT2D eigenvalue weighted by Gasteiger charge is -2.05. The zero-order valence-corrected chi connectivity index (χ0v) is 9.20. The van der Waals surface area contributed by atoms with Gasteiger partial charge in [0.1, 0.15) is 0 Å². The van der Waals surface area contributed by atoms with Crippen molar-refractivity contribution in [3.63, 3.8) is 0 Å². The molecular weight excluding hydrogens is 234 g/mol. The zero-order chi connectivity index (χ0) is 13.1. The van der Waals surface area contributed by atoms with Gasteiger partial charge in [-0.1, -0.05) is 12.1 Å². The SMILES string of the molecule is O=C(O)c1ccc(-c2cnccc2C(=O)O)cc1. The van der Waals surface area contributed by atoms with Crippen molar-refractivity contribution < 1.29 is 19.8 Å². The number of rotatable bonds is 3. The highest BCUT2D eigenvalue weighted by molar-refractivity contribution is 5.96. The van der Waals surface area contributed by atoms with Crippen molar-refractivity contribution in [1.29, 1.82) is 0 Å². The quantitative estimate of drug-likeness (QED) is 0.862. The van der Waals surface area contributed by atoms with Crippen LogP contribution >= 0.6 is 0 Å². The number of hydrogen-bond acceptors (Lipinski definition) is 3. The Kier molecular flexibility index (Phi) is 3.05. The largest absolute Gasteiger partial charge is 0.478 e. The smallest absolute Gasteiger partial charge is 0.336 e. The van der Waals surface area contributed by atoms with Crippen LogP contribution < -0.4 is 0 Å². The van der Waals surface area contributed by atoms with Gasteiger partial charge in [0, 0.05) is 18.0 Å². The van der Waals surface area contributed by atoms with Crippen molar-refractivity contribution >= 4 is 11.9 Å². The molecular formula is C13H9NO4. The Morgan fingerprint density at radius 3 is 2.17 bits per heavy atom. The molecule has 1 aromatic carbocycles. The van der Waals surface area contributed by atoms with E-state index >= 15 is 0 Å². The Labute approximate surface area is 102 Å². The van der Waals surface area contributed by atoms with Crippen LogP contribution in [0.25, 0.3) is 11.1 Å². The van der Waals surface area contributed by atoms with Gasteiger partial charge in [-0.15, -0.1) is 0 Å². The summed E-state index contributed by atoms with van der Waals surface area (Å²) in [7, 11) is 0. The van der Waals surface area contributed by atoms with Gasteiger partial charge in [-0.25, -0.2) is 9.59 Å².